The van der Waals surface area contributed by atoms with E-state index in [4.69, 9.17) is 5.73 Å². The number of aromatic nitrogens is 2. The Bertz CT molecular complexity index is 914. The number of rotatable bonds is 4. The molecule has 3 rings (SSSR count). The van der Waals surface area contributed by atoms with Crippen LogP contribution in [-0.4, -0.2) is 17.6 Å². The second-order valence-electron chi connectivity index (χ2n) is 5.41. The van der Waals surface area contributed by atoms with E-state index in [2.05, 4.69) is 5.10 Å². The zero-order valence-electron chi connectivity index (χ0n) is 12.7. The Labute approximate surface area is 135 Å². The highest BCUT2D eigenvalue weighted by Gasteiger charge is 2.20. The van der Waals surface area contributed by atoms with Crippen LogP contribution >= 0.6 is 0 Å². The summed E-state index contributed by atoms with van der Waals surface area (Å²) in [5.41, 5.74) is 9.06. The van der Waals surface area contributed by atoms with Crippen molar-refractivity contribution in [2.75, 3.05) is 5.73 Å². The van der Waals surface area contributed by atoms with Crippen LogP contribution in [0.4, 0.5) is 5.82 Å². The summed E-state index contributed by atoms with van der Waals surface area (Å²) in [6, 6.07) is 18.2. The lowest BCUT2D eigenvalue weighted by molar-refractivity contribution is 0.580. The van der Waals surface area contributed by atoms with E-state index in [0.29, 0.717) is 11.3 Å². The van der Waals surface area contributed by atoms with E-state index in [9.17, 15) is 8.42 Å². The Hall–Kier alpha value is -2.60. The molecule has 3 aromatic rings. The molecular formula is C17H17N3O2S. The van der Waals surface area contributed by atoms with Gasteiger partial charge in [0.25, 0.3) is 10.0 Å². The smallest absolute Gasteiger partial charge is 0.259 e. The second-order valence-corrected chi connectivity index (χ2v) is 7.20. The molecule has 0 atom stereocenters. The number of hydrogen-bond acceptors (Lipinski definition) is 4. The lowest BCUT2D eigenvalue weighted by atomic mass is 10.1. The summed E-state index contributed by atoms with van der Waals surface area (Å²) in [5, 5.41) is 4.18. The van der Waals surface area contributed by atoms with E-state index >= 15 is 0 Å². The molecule has 2 aromatic carbocycles. The van der Waals surface area contributed by atoms with Crippen LogP contribution < -0.4 is 5.73 Å². The molecule has 0 spiro atoms. The van der Waals surface area contributed by atoms with Crippen molar-refractivity contribution in [2.45, 2.75) is 12.7 Å². The van der Waals surface area contributed by atoms with Crippen molar-refractivity contribution in [3.8, 4) is 11.3 Å². The maximum Gasteiger partial charge on any atom is 0.259 e. The Morgan fingerprint density at radius 3 is 2.35 bits per heavy atom. The summed E-state index contributed by atoms with van der Waals surface area (Å²) in [6.07, 6.45) is 0. The van der Waals surface area contributed by atoms with Gasteiger partial charge < -0.3 is 5.73 Å². The van der Waals surface area contributed by atoms with Crippen molar-refractivity contribution in [1.82, 2.24) is 9.19 Å². The molecule has 0 saturated carbocycles. The third-order valence-corrected chi connectivity index (χ3v) is 5.02. The van der Waals surface area contributed by atoms with Gasteiger partial charge in [-0.1, -0.05) is 60.2 Å². The normalized spacial score (nSPS) is 11.5. The number of benzene rings is 2. The zero-order chi connectivity index (χ0) is 16.4. The Morgan fingerprint density at radius 1 is 1.04 bits per heavy atom. The van der Waals surface area contributed by atoms with E-state index in [-0.39, 0.29) is 11.6 Å². The van der Waals surface area contributed by atoms with Crippen LogP contribution in [0.3, 0.4) is 0 Å². The number of anilines is 1. The molecule has 0 bridgehead atoms. The first-order valence-corrected chi connectivity index (χ1v) is 8.76. The minimum atomic E-state index is -3.66. The van der Waals surface area contributed by atoms with Crippen LogP contribution in [-0.2, 0) is 15.8 Å². The molecule has 0 aliphatic carbocycles. The van der Waals surface area contributed by atoms with E-state index in [1.165, 1.54) is 0 Å². The predicted octanol–water partition coefficient (Wildman–Crippen LogP) is 2.82. The molecule has 5 nitrogen and oxygen atoms in total. The molecule has 6 heteroatoms. The van der Waals surface area contributed by atoms with Crippen LogP contribution in [0.5, 0.6) is 0 Å². The van der Waals surface area contributed by atoms with Gasteiger partial charge in [0.1, 0.15) is 5.82 Å². The predicted molar refractivity (Wildman–Crippen MR) is 91.3 cm³/mol. The average Bonchev–Trinajstić information content (AvgIpc) is 2.91. The SMILES string of the molecule is Cc1ccc(-c2cc(N)n(S(=O)(=O)Cc3ccccc3)n2)cc1. The summed E-state index contributed by atoms with van der Waals surface area (Å²) in [4.78, 5) is 0. The van der Waals surface area contributed by atoms with Crippen LogP contribution in [0.1, 0.15) is 11.1 Å². The highest BCUT2D eigenvalue weighted by molar-refractivity contribution is 7.89. The molecule has 2 N–H and O–H groups in total. The summed E-state index contributed by atoms with van der Waals surface area (Å²) in [7, 11) is -3.66. The van der Waals surface area contributed by atoms with Crippen LogP contribution in [0.25, 0.3) is 11.3 Å². The Kier molecular flexibility index (Phi) is 3.92. The van der Waals surface area contributed by atoms with Crippen LogP contribution in [0.2, 0.25) is 0 Å². The number of hydrogen-bond donors (Lipinski definition) is 1. The molecule has 23 heavy (non-hydrogen) atoms. The fraction of sp³-hybridized carbons (Fsp3) is 0.118. The number of nitrogens with two attached hydrogens (primary N) is 1. The van der Waals surface area contributed by atoms with Gasteiger partial charge >= 0.3 is 0 Å². The summed E-state index contributed by atoms with van der Waals surface area (Å²) >= 11 is 0. The molecule has 1 heterocycles. The van der Waals surface area contributed by atoms with Gasteiger partial charge in [0.05, 0.1) is 11.4 Å². The fourth-order valence-electron chi connectivity index (χ4n) is 2.31. The lowest BCUT2D eigenvalue weighted by Gasteiger charge is -2.06. The summed E-state index contributed by atoms with van der Waals surface area (Å²) in [6.45, 7) is 1.99. The topological polar surface area (TPSA) is 78.0 Å². The number of nitrogens with zero attached hydrogens (tertiary/aromatic N) is 2. The van der Waals surface area contributed by atoms with Gasteiger partial charge in [0, 0.05) is 11.6 Å². The lowest BCUT2D eigenvalue weighted by Crippen LogP contribution is -2.18. The molecule has 0 aliphatic rings. The van der Waals surface area contributed by atoms with Crippen molar-refractivity contribution >= 4 is 15.8 Å². The highest BCUT2D eigenvalue weighted by Crippen LogP contribution is 2.23. The maximum absolute atomic E-state index is 12.5. The molecule has 1 aromatic heterocycles. The molecule has 0 saturated heterocycles. The fourth-order valence-corrected chi connectivity index (χ4v) is 3.64. The van der Waals surface area contributed by atoms with Gasteiger partial charge in [0.15, 0.2) is 0 Å². The van der Waals surface area contributed by atoms with Gasteiger partial charge in [-0.05, 0) is 12.5 Å². The molecule has 0 aliphatic heterocycles. The van der Waals surface area contributed by atoms with E-state index in [0.717, 1.165) is 15.2 Å². The van der Waals surface area contributed by atoms with Gasteiger partial charge in [-0.15, -0.1) is 4.09 Å². The van der Waals surface area contributed by atoms with E-state index in [1.807, 2.05) is 37.3 Å². The monoisotopic (exact) mass is 327 g/mol. The van der Waals surface area contributed by atoms with Crippen LogP contribution in [0.15, 0.2) is 60.7 Å². The molecule has 0 unspecified atom stereocenters. The molecule has 118 valence electrons. The average molecular weight is 327 g/mol. The van der Waals surface area contributed by atoms with Crippen molar-refractivity contribution in [3.05, 3.63) is 71.8 Å². The minimum absolute atomic E-state index is 0.108. The second kappa shape index (κ2) is 5.89. The van der Waals surface area contributed by atoms with Gasteiger partial charge in [-0.25, -0.2) is 8.42 Å². The zero-order valence-corrected chi connectivity index (χ0v) is 13.5. The minimum Gasteiger partial charge on any atom is -0.383 e. The molecule has 0 fully saturated rings. The summed E-state index contributed by atoms with van der Waals surface area (Å²) < 4.78 is 26.0. The molecule has 0 amide bonds. The number of nitrogen functional groups attached to an aromatic ring is 1. The first-order valence-electron chi connectivity index (χ1n) is 7.15. The maximum atomic E-state index is 12.5. The first-order chi connectivity index (χ1) is 11.0. The highest BCUT2D eigenvalue weighted by atomic mass is 32.2. The van der Waals surface area contributed by atoms with Crippen molar-refractivity contribution in [3.63, 3.8) is 0 Å². The molecular weight excluding hydrogens is 310 g/mol. The van der Waals surface area contributed by atoms with Crippen molar-refractivity contribution < 1.29 is 8.42 Å². The van der Waals surface area contributed by atoms with Crippen molar-refractivity contribution in [1.29, 1.82) is 0 Å². The van der Waals surface area contributed by atoms with E-state index < -0.39 is 10.0 Å². The first kappa shape index (κ1) is 15.3. The number of aryl methyl sites for hydroxylation is 1. The third-order valence-electron chi connectivity index (χ3n) is 3.51. The Morgan fingerprint density at radius 2 is 1.70 bits per heavy atom. The molecule has 0 radical (unpaired) electrons. The third kappa shape index (κ3) is 3.27. The van der Waals surface area contributed by atoms with Gasteiger partial charge in [0.2, 0.25) is 0 Å². The quantitative estimate of drug-likeness (QED) is 0.799. The van der Waals surface area contributed by atoms with Crippen molar-refractivity contribution in [2.24, 2.45) is 0 Å². The largest absolute Gasteiger partial charge is 0.383 e. The van der Waals surface area contributed by atoms with Gasteiger partial charge in [-0.2, -0.15) is 5.10 Å². The summed E-state index contributed by atoms with van der Waals surface area (Å²) in [5.74, 6) is -0.0379. The van der Waals surface area contributed by atoms with Gasteiger partial charge in [-0.3, -0.25) is 0 Å². The Balaban J connectivity index is 1.95. The standard InChI is InChI=1S/C17H17N3O2S/c1-13-7-9-15(10-8-13)16-11-17(18)20(19-16)23(21,22)12-14-5-3-2-4-6-14/h2-11H,12,18H2,1H3. The van der Waals surface area contributed by atoms with E-state index in [1.54, 1.807) is 30.3 Å². The van der Waals surface area contributed by atoms with Crippen LogP contribution in [0, 0.1) is 6.92 Å².